The molecule has 1 N–H and O–H groups in total. The maximum absolute atomic E-state index is 3.40. The van der Waals surface area contributed by atoms with E-state index < -0.39 is 0 Å². The molecule has 1 heterocycles. The van der Waals surface area contributed by atoms with E-state index in [4.69, 9.17) is 0 Å². The zero-order valence-corrected chi connectivity index (χ0v) is 9.19. The Morgan fingerprint density at radius 3 is 2.47 bits per heavy atom. The molecule has 2 fully saturated rings. The lowest BCUT2D eigenvalue weighted by Gasteiger charge is -2.19. The molecule has 2 heteroatoms. The average Bonchev–Trinajstić information content (AvgIpc) is 2.75. The summed E-state index contributed by atoms with van der Waals surface area (Å²) in [6.07, 6.45) is 0. The summed E-state index contributed by atoms with van der Waals surface area (Å²) in [6.45, 7) is 3.69. The van der Waals surface area contributed by atoms with Crippen molar-refractivity contribution in [1.29, 1.82) is 0 Å². The van der Waals surface area contributed by atoms with Gasteiger partial charge in [0.25, 0.3) is 0 Å². The molecule has 2 nitrogen and oxygen atoms in total. The Kier molecular flexibility index (Phi) is 2.26. The van der Waals surface area contributed by atoms with Crippen molar-refractivity contribution in [2.24, 2.45) is 11.8 Å². The topological polar surface area (TPSA) is 15.3 Å². The highest BCUT2D eigenvalue weighted by Gasteiger charge is 2.54. The normalized spacial score (nSPS) is 34.1. The Hall–Kier alpha value is -0.860. The summed E-state index contributed by atoms with van der Waals surface area (Å²) in [5.74, 6) is 1.86. The number of hydrogen-bond donors (Lipinski definition) is 1. The van der Waals surface area contributed by atoms with Gasteiger partial charge in [-0.25, -0.2) is 0 Å². The molecular formula is C13H18N2. The lowest BCUT2D eigenvalue weighted by Crippen LogP contribution is -2.29. The van der Waals surface area contributed by atoms with Crippen molar-refractivity contribution in [2.75, 3.05) is 20.1 Å². The van der Waals surface area contributed by atoms with E-state index in [1.807, 2.05) is 0 Å². The van der Waals surface area contributed by atoms with Gasteiger partial charge < -0.3 is 5.32 Å². The van der Waals surface area contributed by atoms with Crippen molar-refractivity contribution >= 4 is 0 Å². The van der Waals surface area contributed by atoms with E-state index in [9.17, 15) is 0 Å². The Labute approximate surface area is 91.3 Å². The van der Waals surface area contributed by atoms with Crippen LogP contribution in [0.25, 0.3) is 0 Å². The first-order valence-electron chi connectivity index (χ1n) is 5.82. The molecule has 1 aromatic rings. The van der Waals surface area contributed by atoms with E-state index >= 15 is 0 Å². The summed E-state index contributed by atoms with van der Waals surface area (Å²) in [7, 11) is 2.09. The highest BCUT2D eigenvalue weighted by molar-refractivity contribution is 5.16. The molecule has 0 aromatic heterocycles. The number of nitrogens with one attached hydrogen (secondary N) is 1. The van der Waals surface area contributed by atoms with Crippen LogP contribution in [0, 0.1) is 11.8 Å². The number of nitrogens with zero attached hydrogens (tertiary/aromatic N) is 1. The molecule has 15 heavy (non-hydrogen) atoms. The van der Waals surface area contributed by atoms with Gasteiger partial charge in [-0.2, -0.15) is 0 Å². The van der Waals surface area contributed by atoms with Crippen LogP contribution < -0.4 is 5.32 Å². The van der Waals surface area contributed by atoms with Crippen LogP contribution in [-0.4, -0.2) is 31.1 Å². The molecule has 1 aliphatic carbocycles. The van der Waals surface area contributed by atoms with Gasteiger partial charge >= 0.3 is 0 Å². The molecule has 0 amide bonds. The van der Waals surface area contributed by atoms with Gasteiger partial charge in [-0.15, -0.1) is 0 Å². The van der Waals surface area contributed by atoms with Crippen molar-refractivity contribution in [3.05, 3.63) is 35.9 Å². The van der Waals surface area contributed by atoms with Crippen LogP contribution in [0.15, 0.2) is 30.3 Å². The van der Waals surface area contributed by atoms with Crippen LogP contribution in [-0.2, 0) is 6.54 Å². The third-order valence-electron chi connectivity index (χ3n) is 3.85. The van der Waals surface area contributed by atoms with E-state index in [1.165, 1.54) is 18.7 Å². The first kappa shape index (κ1) is 9.37. The lowest BCUT2D eigenvalue weighted by molar-refractivity contribution is 0.284. The molecule has 0 bridgehead atoms. The summed E-state index contributed by atoms with van der Waals surface area (Å²) in [4.78, 5) is 2.58. The molecule has 0 radical (unpaired) electrons. The SMILES string of the molecule is CNC1[C@H]2CN(Cc3ccccc3)C[C@H]12. The predicted molar refractivity (Wildman–Crippen MR) is 61.5 cm³/mol. The average molecular weight is 202 g/mol. The molecule has 1 saturated heterocycles. The highest BCUT2D eigenvalue weighted by atomic mass is 15.2. The molecular weight excluding hydrogens is 184 g/mol. The van der Waals surface area contributed by atoms with Crippen LogP contribution in [0.3, 0.4) is 0 Å². The van der Waals surface area contributed by atoms with Crippen LogP contribution in [0.5, 0.6) is 0 Å². The summed E-state index contributed by atoms with van der Waals surface area (Å²) in [5.41, 5.74) is 1.44. The van der Waals surface area contributed by atoms with Crippen LogP contribution in [0.4, 0.5) is 0 Å². The van der Waals surface area contributed by atoms with Crippen LogP contribution in [0.1, 0.15) is 5.56 Å². The smallest absolute Gasteiger partial charge is 0.0233 e. The number of hydrogen-bond acceptors (Lipinski definition) is 2. The fourth-order valence-corrected chi connectivity index (χ4v) is 3.01. The standard InChI is InChI=1S/C13H18N2/c1-14-13-11-8-15(9-12(11)13)7-10-5-3-2-4-6-10/h2-6,11-14H,7-9H2,1H3/t11-,12-/m0/s1. The van der Waals surface area contributed by atoms with E-state index in [0.29, 0.717) is 0 Å². The first-order chi connectivity index (χ1) is 7.38. The predicted octanol–water partition coefficient (Wildman–Crippen LogP) is 1.34. The zero-order chi connectivity index (χ0) is 10.3. The summed E-state index contributed by atoms with van der Waals surface area (Å²) in [5, 5.41) is 3.40. The second kappa shape index (κ2) is 3.62. The molecule has 1 aromatic carbocycles. The van der Waals surface area contributed by atoms with Gasteiger partial charge in [0.2, 0.25) is 0 Å². The lowest BCUT2D eigenvalue weighted by atomic mass is 10.2. The molecule has 3 rings (SSSR count). The Bertz CT molecular complexity index is 324. The largest absolute Gasteiger partial charge is 0.316 e. The van der Waals surface area contributed by atoms with Gasteiger partial charge in [0, 0.05) is 25.7 Å². The van der Waals surface area contributed by atoms with Gasteiger partial charge in [-0.1, -0.05) is 30.3 Å². The summed E-state index contributed by atoms with van der Waals surface area (Å²) < 4.78 is 0. The minimum atomic E-state index is 0.817. The Balaban J connectivity index is 1.56. The van der Waals surface area contributed by atoms with E-state index in [2.05, 4.69) is 47.6 Å². The van der Waals surface area contributed by atoms with E-state index in [1.54, 1.807) is 0 Å². The fraction of sp³-hybridized carbons (Fsp3) is 0.538. The van der Waals surface area contributed by atoms with Crippen molar-refractivity contribution in [1.82, 2.24) is 10.2 Å². The van der Waals surface area contributed by atoms with Crippen molar-refractivity contribution in [3.63, 3.8) is 0 Å². The van der Waals surface area contributed by atoms with Gasteiger partial charge in [-0.3, -0.25) is 4.90 Å². The highest BCUT2D eigenvalue weighted by Crippen LogP contribution is 2.45. The first-order valence-corrected chi connectivity index (χ1v) is 5.82. The molecule has 2 atom stereocenters. The monoisotopic (exact) mass is 202 g/mol. The van der Waals surface area contributed by atoms with Crippen molar-refractivity contribution < 1.29 is 0 Å². The molecule has 0 unspecified atom stereocenters. The molecule has 0 spiro atoms. The number of rotatable bonds is 3. The maximum atomic E-state index is 3.40. The number of likely N-dealkylation sites (tertiary alicyclic amines) is 1. The van der Waals surface area contributed by atoms with Gasteiger partial charge in [0.15, 0.2) is 0 Å². The Morgan fingerprint density at radius 1 is 1.20 bits per heavy atom. The number of benzene rings is 1. The molecule has 80 valence electrons. The van der Waals surface area contributed by atoms with Gasteiger partial charge in [0.05, 0.1) is 0 Å². The van der Waals surface area contributed by atoms with Crippen molar-refractivity contribution in [2.45, 2.75) is 12.6 Å². The number of piperidine rings is 1. The molecule has 1 aliphatic heterocycles. The summed E-state index contributed by atoms with van der Waals surface area (Å²) in [6, 6.07) is 11.6. The van der Waals surface area contributed by atoms with Gasteiger partial charge in [0.1, 0.15) is 0 Å². The van der Waals surface area contributed by atoms with E-state index in [-0.39, 0.29) is 0 Å². The van der Waals surface area contributed by atoms with Crippen LogP contribution >= 0.6 is 0 Å². The van der Waals surface area contributed by atoms with Gasteiger partial charge in [-0.05, 0) is 24.4 Å². The second-order valence-corrected chi connectivity index (χ2v) is 4.82. The minimum absolute atomic E-state index is 0.817. The minimum Gasteiger partial charge on any atom is -0.316 e. The maximum Gasteiger partial charge on any atom is 0.0233 e. The number of fused-ring (bicyclic) bond motifs is 1. The molecule has 2 aliphatic rings. The van der Waals surface area contributed by atoms with Crippen molar-refractivity contribution in [3.8, 4) is 0 Å². The zero-order valence-electron chi connectivity index (χ0n) is 9.19. The third kappa shape index (κ3) is 1.68. The summed E-state index contributed by atoms with van der Waals surface area (Å²) >= 11 is 0. The van der Waals surface area contributed by atoms with E-state index in [0.717, 1.165) is 24.4 Å². The Morgan fingerprint density at radius 2 is 1.87 bits per heavy atom. The molecule has 1 saturated carbocycles. The second-order valence-electron chi connectivity index (χ2n) is 4.82. The quantitative estimate of drug-likeness (QED) is 0.795. The fourth-order valence-electron chi connectivity index (χ4n) is 3.01. The third-order valence-corrected chi connectivity index (χ3v) is 3.85. The van der Waals surface area contributed by atoms with Crippen LogP contribution in [0.2, 0.25) is 0 Å².